The number of carbonyl (C=O) groups excluding carboxylic acids is 2. The molecular weight excluding hydrogens is 388 g/mol. The van der Waals surface area contributed by atoms with E-state index in [1.165, 1.54) is 0 Å². The summed E-state index contributed by atoms with van der Waals surface area (Å²) in [5.41, 5.74) is 0. The fourth-order valence-corrected chi connectivity index (χ4v) is 3.13. The molecule has 2 amide bonds. The van der Waals surface area contributed by atoms with Crippen LogP contribution in [0.3, 0.4) is 0 Å². The summed E-state index contributed by atoms with van der Waals surface area (Å²) < 4.78 is 0. The summed E-state index contributed by atoms with van der Waals surface area (Å²) in [4.78, 5) is 45.2. The molecule has 0 bridgehead atoms. The zero-order valence-corrected chi connectivity index (χ0v) is 18.4. The van der Waals surface area contributed by atoms with Crippen LogP contribution in [0.2, 0.25) is 0 Å². The largest absolute Gasteiger partial charge is 0.481 e. The van der Waals surface area contributed by atoms with Gasteiger partial charge in [-0.05, 0) is 25.7 Å². The van der Waals surface area contributed by atoms with Crippen molar-refractivity contribution in [3.05, 3.63) is 0 Å². The van der Waals surface area contributed by atoms with Crippen LogP contribution in [0.5, 0.6) is 0 Å². The number of hydrogen-bond acceptors (Lipinski definition) is 4. The van der Waals surface area contributed by atoms with Crippen LogP contribution in [0, 0.1) is 0 Å². The molecule has 8 nitrogen and oxygen atoms in total. The Balaban J connectivity index is 3.68. The maximum atomic E-state index is 12.0. The van der Waals surface area contributed by atoms with Crippen LogP contribution < -0.4 is 10.6 Å². The molecule has 0 radical (unpaired) electrons. The van der Waals surface area contributed by atoms with Gasteiger partial charge in [-0.1, -0.05) is 58.3 Å². The van der Waals surface area contributed by atoms with Gasteiger partial charge in [-0.15, -0.1) is 0 Å². The highest BCUT2D eigenvalue weighted by atomic mass is 16.4. The van der Waals surface area contributed by atoms with Crippen LogP contribution in [-0.4, -0.2) is 46.6 Å². The Morgan fingerprint density at radius 1 is 0.700 bits per heavy atom. The fourth-order valence-electron chi connectivity index (χ4n) is 3.13. The topological polar surface area (TPSA) is 133 Å². The summed E-state index contributed by atoms with van der Waals surface area (Å²) >= 11 is 0. The molecule has 0 unspecified atom stereocenters. The molecule has 8 heteroatoms. The third kappa shape index (κ3) is 17.9. The standard InChI is InChI=1S/C22H40N2O6/c1-2-17-23-19(25)16-15-18(22(29)30)24-20(26)13-11-9-7-5-3-4-6-8-10-12-14-21(27)28/h18H,2-17H2,1H3,(H,23,25)(H,24,26)(H,27,28)(H,29,30)/t18-/m0/s1. The lowest BCUT2D eigenvalue weighted by Gasteiger charge is -2.14. The first-order valence-electron chi connectivity index (χ1n) is 11.4. The van der Waals surface area contributed by atoms with E-state index in [9.17, 15) is 24.3 Å². The molecule has 0 fully saturated rings. The number of carboxylic acid groups (broad SMARTS) is 2. The van der Waals surface area contributed by atoms with Crippen molar-refractivity contribution in [1.29, 1.82) is 0 Å². The van der Waals surface area contributed by atoms with E-state index in [0.29, 0.717) is 13.0 Å². The molecule has 0 aromatic heterocycles. The number of carboxylic acids is 2. The SMILES string of the molecule is CCCNC(=O)CC[C@H](NC(=O)CCCCCCCCCCCCC(=O)O)C(=O)O. The first-order valence-corrected chi connectivity index (χ1v) is 11.4. The van der Waals surface area contributed by atoms with Gasteiger partial charge in [-0.3, -0.25) is 14.4 Å². The monoisotopic (exact) mass is 428 g/mol. The minimum Gasteiger partial charge on any atom is -0.481 e. The van der Waals surface area contributed by atoms with E-state index in [0.717, 1.165) is 70.6 Å². The van der Waals surface area contributed by atoms with Crippen LogP contribution >= 0.6 is 0 Å². The predicted octanol–water partition coefficient (Wildman–Crippen LogP) is 3.63. The van der Waals surface area contributed by atoms with E-state index in [2.05, 4.69) is 10.6 Å². The van der Waals surface area contributed by atoms with E-state index < -0.39 is 18.0 Å². The van der Waals surface area contributed by atoms with Crippen molar-refractivity contribution in [3.8, 4) is 0 Å². The number of hydrogen-bond donors (Lipinski definition) is 4. The van der Waals surface area contributed by atoms with Gasteiger partial charge in [0.2, 0.25) is 11.8 Å². The number of aliphatic carboxylic acids is 2. The molecule has 0 spiro atoms. The number of nitrogens with one attached hydrogen (secondary N) is 2. The molecule has 174 valence electrons. The predicted molar refractivity (Wildman–Crippen MR) is 115 cm³/mol. The lowest BCUT2D eigenvalue weighted by molar-refractivity contribution is -0.142. The Morgan fingerprint density at radius 2 is 1.20 bits per heavy atom. The summed E-state index contributed by atoms with van der Waals surface area (Å²) in [5, 5.41) is 23.0. The van der Waals surface area contributed by atoms with Gasteiger partial charge in [0.15, 0.2) is 0 Å². The molecule has 1 atom stereocenters. The van der Waals surface area contributed by atoms with Crippen molar-refractivity contribution in [1.82, 2.24) is 10.6 Å². The molecule has 0 aliphatic rings. The molecule has 0 saturated heterocycles. The van der Waals surface area contributed by atoms with Crippen LogP contribution in [0.1, 0.15) is 103 Å². The van der Waals surface area contributed by atoms with Gasteiger partial charge in [0.25, 0.3) is 0 Å². The van der Waals surface area contributed by atoms with Gasteiger partial charge in [0.05, 0.1) is 0 Å². The van der Waals surface area contributed by atoms with E-state index in [-0.39, 0.29) is 31.1 Å². The third-order valence-electron chi connectivity index (χ3n) is 4.91. The first-order chi connectivity index (χ1) is 14.4. The summed E-state index contributed by atoms with van der Waals surface area (Å²) in [5.74, 6) is -2.32. The van der Waals surface area contributed by atoms with E-state index in [1.54, 1.807) is 0 Å². The highest BCUT2D eigenvalue weighted by Crippen LogP contribution is 2.12. The number of rotatable bonds is 20. The zero-order chi connectivity index (χ0) is 22.6. The average Bonchev–Trinajstić information content (AvgIpc) is 2.69. The van der Waals surface area contributed by atoms with Gasteiger partial charge in [-0.25, -0.2) is 4.79 Å². The summed E-state index contributed by atoms with van der Waals surface area (Å²) in [6.45, 7) is 2.50. The molecule has 0 heterocycles. The number of unbranched alkanes of at least 4 members (excludes halogenated alkanes) is 9. The molecule has 0 saturated carbocycles. The van der Waals surface area contributed by atoms with Gasteiger partial charge in [-0.2, -0.15) is 0 Å². The van der Waals surface area contributed by atoms with Crippen molar-refractivity contribution >= 4 is 23.8 Å². The molecule has 0 aliphatic carbocycles. The minimum absolute atomic E-state index is 0.0802. The summed E-state index contributed by atoms with van der Waals surface area (Å²) in [6, 6.07) is -1.03. The Bertz CT molecular complexity index is 510. The van der Waals surface area contributed by atoms with Crippen molar-refractivity contribution < 1.29 is 29.4 Å². The normalized spacial score (nSPS) is 11.6. The maximum absolute atomic E-state index is 12.0. The van der Waals surface area contributed by atoms with Crippen molar-refractivity contribution in [3.63, 3.8) is 0 Å². The first kappa shape index (κ1) is 27.9. The Morgan fingerprint density at radius 3 is 1.67 bits per heavy atom. The van der Waals surface area contributed by atoms with Crippen LogP contribution in [-0.2, 0) is 19.2 Å². The van der Waals surface area contributed by atoms with Gasteiger partial charge >= 0.3 is 11.9 Å². The average molecular weight is 429 g/mol. The van der Waals surface area contributed by atoms with Crippen LogP contribution in [0.25, 0.3) is 0 Å². The van der Waals surface area contributed by atoms with Crippen LogP contribution in [0.4, 0.5) is 0 Å². The van der Waals surface area contributed by atoms with Crippen molar-refractivity contribution in [2.45, 2.75) is 109 Å². The Kier molecular flexibility index (Phi) is 17.5. The van der Waals surface area contributed by atoms with Gasteiger partial charge < -0.3 is 20.8 Å². The van der Waals surface area contributed by atoms with Crippen molar-refractivity contribution in [2.24, 2.45) is 0 Å². The second-order valence-corrected chi connectivity index (χ2v) is 7.78. The lowest BCUT2D eigenvalue weighted by atomic mass is 10.0. The molecule has 4 N–H and O–H groups in total. The molecule has 30 heavy (non-hydrogen) atoms. The highest BCUT2D eigenvalue weighted by Gasteiger charge is 2.20. The summed E-state index contributed by atoms with van der Waals surface area (Å²) in [7, 11) is 0. The smallest absolute Gasteiger partial charge is 0.326 e. The molecule has 0 aliphatic heterocycles. The number of carbonyl (C=O) groups is 4. The summed E-state index contributed by atoms with van der Waals surface area (Å²) in [6.07, 6.45) is 11.6. The fraction of sp³-hybridized carbons (Fsp3) is 0.818. The molecule has 0 aromatic rings. The van der Waals surface area contributed by atoms with Gasteiger partial charge in [0, 0.05) is 25.8 Å². The maximum Gasteiger partial charge on any atom is 0.326 e. The zero-order valence-electron chi connectivity index (χ0n) is 18.4. The number of amides is 2. The molecular formula is C22H40N2O6. The third-order valence-corrected chi connectivity index (χ3v) is 4.91. The van der Waals surface area contributed by atoms with E-state index >= 15 is 0 Å². The quantitative estimate of drug-likeness (QED) is 0.219. The minimum atomic E-state index is -1.12. The second-order valence-electron chi connectivity index (χ2n) is 7.78. The Hall–Kier alpha value is -2.12. The molecule has 0 aromatic carbocycles. The van der Waals surface area contributed by atoms with E-state index in [1.807, 2.05) is 6.92 Å². The van der Waals surface area contributed by atoms with Crippen LogP contribution in [0.15, 0.2) is 0 Å². The van der Waals surface area contributed by atoms with E-state index in [4.69, 9.17) is 5.11 Å². The highest BCUT2D eigenvalue weighted by molar-refractivity contribution is 5.84. The Labute approximate surface area is 180 Å². The lowest BCUT2D eigenvalue weighted by Crippen LogP contribution is -2.41. The van der Waals surface area contributed by atoms with Crippen molar-refractivity contribution in [2.75, 3.05) is 6.54 Å². The second kappa shape index (κ2) is 18.9. The van der Waals surface area contributed by atoms with Gasteiger partial charge in [0.1, 0.15) is 6.04 Å². The molecule has 0 rings (SSSR count).